The summed E-state index contributed by atoms with van der Waals surface area (Å²) in [5, 5.41) is 7.31. The second kappa shape index (κ2) is 10.6. The van der Waals surface area contributed by atoms with E-state index in [9.17, 15) is 19.2 Å². The van der Waals surface area contributed by atoms with Crippen molar-refractivity contribution in [2.24, 2.45) is 5.92 Å². The highest BCUT2D eigenvalue weighted by Crippen LogP contribution is 2.18. The molecule has 0 aliphatic carbocycles. The lowest BCUT2D eigenvalue weighted by molar-refractivity contribution is -0.157. The highest BCUT2D eigenvalue weighted by atomic mass is 16.5. The normalized spacial score (nSPS) is 13.1. The van der Waals surface area contributed by atoms with Gasteiger partial charge in [-0.05, 0) is 45.7 Å². The molecule has 0 fully saturated rings. The van der Waals surface area contributed by atoms with Crippen LogP contribution in [0.1, 0.15) is 51.9 Å². The van der Waals surface area contributed by atoms with E-state index in [4.69, 9.17) is 9.47 Å². The maximum atomic E-state index is 12.6. The van der Waals surface area contributed by atoms with Crippen molar-refractivity contribution < 1.29 is 28.7 Å². The molecule has 166 valence electrons. The zero-order valence-electron chi connectivity index (χ0n) is 18.5. The van der Waals surface area contributed by atoms with Crippen molar-refractivity contribution in [3.05, 3.63) is 29.8 Å². The van der Waals surface area contributed by atoms with Gasteiger partial charge in [-0.1, -0.05) is 26.0 Å². The number of rotatable bonds is 7. The summed E-state index contributed by atoms with van der Waals surface area (Å²) in [7, 11) is 1.44. The van der Waals surface area contributed by atoms with E-state index in [1.807, 2.05) is 0 Å². The summed E-state index contributed by atoms with van der Waals surface area (Å²) in [4.78, 5) is 49.2. The number of benzene rings is 1. The van der Waals surface area contributed by atoms with Crippen LogP contribution in [0.5, 0.6) is 5.75 Å². The molecule has 4 amide bonds. The van der Waals surface area contributed by atoms with Crippen molar-refractivity contribution >= 4 is 23.8 Å². The predicted octanol–water partition coefficient (Wildman–Crippen LogP) is 2.01. The second-order valence-electron chi connectivity index (χ2n) is 8.17. The molecule has 0 radical (unpaired) electrons. The lowest BCUT2D eigenvalue weighted by Gasteiger charge is -2.24. The second-order valence-corrected chi connectivity index (χ2v) is 8.17. The fraction of sp³-hybridized carbons (Fsp3) is 0.524. The van der Waals surface area contributed by atoms with Crippen LogP contribution in [0.4, 0.5) is 4.79 Å². The molecule has 1 rings (SSSR count). The van der Waals surface area contributed by atoms with Gasteiger partial charge < -0.3 is 20.1 Å². The van der Waals surface area contributed by atoms with Crippen molar-refractivity contribution in [2.45, 2.75) is 59.2 Å². The third kappa shape index (κ3) is 7.73. The highest BCUT2D eigenvalue weighted by Gasteiger charge is 2.30. The topological polar surface area (TPSA) is 123 Å². The molecule has 0 bridgehead atoms. The van der Waals surface area contributed by atoms with Crippen LogP contribution in [0.15, 0.2) is 24.3 Å². The molecule has 0 aliphatic rings. The number of ether oxygens (including phenoxy) is 2. The Hall–Kier alpha value is -3.10. The molecule has 30 heavy (non-hydrogen) atoms. The third-order valence-corrected chi connectivity index (χ3v) is 3.95. The molecule has 9 heteroatoms. The first-order valence-electron chi connectivity index (χ1n) is 9.63. The van der Waals surface area contributed by atoms with Crippen LogP contribution < -0.4 is 20.7 Å². The average molecular weight is 421 g/mol. The van der Waals surface area contributed by atoms with Gasteiger partial charge in [0.25, 0.3) is 11.8 Å². The van der Waals surface area contributed by atoms with Gasteiger partial charge in [-0.3, -0.25) is 14.9 Å². The van der Waals surface area contributed by atoms with Crippen LogP contribution in [-0.4, -0.2) is 48.6 Å². The van der Waals surface area contributed by atoms with E-state index >= 15 is 0 Å². The number of imide groups is 1. The number of esters is 1. The summed E-state index contributed by atoms with van der Waals surface area (Å²) < 4.78 is 10.4. The quantitative estimate of drug-likeness (QED) is 0.579. The number of para-hydroxylation sites is 1. The minimum atomic E-state index is -1.23. The third-order valence-electron chi connectivity index (χ3n) is 3.95. The maximum Gasteiger partial charge on any atom is 0.329 e. The van der Waals surface area contributed by atoms with E-state index in [0.717, 1.165) is 0 Å². The Labute approximate surface area is 176 Å². The van der Waals surface area contributed by atoms with E-state index in [2.05, 4.69) is 16.0 Å². The lowest BCUT2D eigenvalue weighted by Crippen LogP contribution is -2.52. The van der Waals surface area contributed by atoms with Crippen molar-refractivity contribution in [3.8, 4) is 5.75 Å². The van der Waals surface area contributed by atoms with E-state index in [1.54, 1.807) is 58.9 Å². The molecule has 0 aliphatic heterocycles. The van der Waals surface area contributed by atoms with Gasteiger partial charge in [-0.2, -0.15) is 0 Å². The Morgan fingerprint density at radius 2 is 1.60 bits per heavy atom. The van der Waals surface area contributed by atoms with Crippen molar-refractivity contribution in [2.75, 3.05) is 7.11 Å². The van der Waals surface area contributed by atoms with Gasteiger partial charge in [0, 0.05) is 5.54 Å². The van der Waals surface area contributed by atoms with E-state index in [1.165, 1.54) is 14.0 Å². The van der Waals surface area contributed by atoms with Gasteiger partial charge in [0.1, 0.15) is 11.8 Å². The number of nitrogens with one attached hydrogen (secondary N) is 3. The van der Waals surface area contributed by atoms with Crippen LogP contribution in [0.25, 0.3) is 0 Å². The summed E-state index contributed by atoms with van der Waals surface area (Å²) in [6.07, 6.45) is -1.23. The first-order valence-corrected chi connectivity index (χ1v) is 9.63. The Balaban J connectivity index is 2.78. The van der Waals surface area contributed by atoms with Gasteiger partial charge in [0.2, 0.25) is 0 Å². The minimum Gasteiger partial charge on any atom is -0.496 e. The fourth-order valence-electron chi connectivity index (χ4n) is 2.44. The predicted molar refractivity (Wildman–Crippen MR) is 111 cm³/mol. The number of amides is 4. The molecule has 1 aromatic carbocycles. The van der Waals surface area contributed by atoms with Gasteiger partial charge in [0.15, 0.2) is 6.10 Å². The summed E-state index contributed by atoms with van der Waals surface area (Å²) in [5.74, 6) is -2.01. The van der Waals surface area contributed by atoms with Crippen LogP contribution in [-0.2, 0) is 14.3 Å². The smallest absolute Gasteiger partial charge is 0.329 e. The summed E-state index contributed by atoms with van der Waals surface area (Å²) in [6.45, 7) is 10.1. The van der Waals surface area contributed by atoms with Crippen molar-refractivity contribution in [1.29, 1.82) is 0 Å². The zero-order valence-corrected chi connectivity index (χ0v) is 18.5. The molecule has 0 saturated carbocycles. The van der Waals surface area contributed by atoms with Gasteiger partial charge >= 0.3 is 12.0 Å². The molecule has 2 atom stereocenters. The van der Waals surface area contributed by atoms with Crippen LogP contribution >= 0.6 is 0 Å². The average Bonchev–Trinajstić information content (AvgIpc) is 2.63. The molecule has 1 aromatic rings. The monoisotopic (exact) mass is 421 g/mol. The largest absolute Gasteiger partial charge is 0.496 e. The number of methoxy groups -OCH3 is 1. The Morgan fingerprint density at radius 3 is 2.13 bits per heavy atom. The molecule has 0 heterocycles. The van der Waals surface area contributed by atoms with Gasteiger partial charge in [-0.15, -0.1) is 0 Å². The van der Waals surface area contributed by atoms with Gasteiger partial charge in [0.05, 0.1) is 12.7 Å². The standard InChI is InChI=1S/C21H31N3O6/c1-12(2)16(22-18(26)14-10-8-9-11-15(14)29-7)19(27)30-13(3)17(25)23-20(28)24-21(4,5)6/h8-13,16H,1-7H3,(H,22,26)(H2,23,24,25,28)/t13-,16-/m0/s1. The lowest BCUT2D eigenvalue weighted by atomic mass is 10.0. The highest BCUT2D eigenvalue weighted by molar-refractivity contribution is 6.00. The Morgan fingerprint density at radius 1 is 1.00 bits per heavy atom. The number of hydrogen-bond acceptors (Lipinski definition) is 6. The Bertz CT molecular complexity index is 785. The molecule has 0 unspecified atom stereocenters. The first-order chi connectivity index (χ1) is 13.9. The van der Waals surface area contributed by atoms with Crippen molar-refractivity contribution in [3.63, 3.8) is 0 Å². The van der Waals surface area contributed by atoms with Gasteiger partial charge in [-0.25, -0.2) is 9.59 Å². The molecular weight excluding hydrogens is 390 g/mol. The molecular formula is C21H31N3O6. The number of carbonyl (C=O) groups excluding carboxylic acids is 4. The Kier molecular flexibility index (Phi) is 8.82. The molecule has 0 aromatic heterocycles. The van der Waals surface area contributed by atoms with E-state index in [0.29, 0.717) is 5.75 Å². The number of hydrogen-bond donors (Lipinski definition) is 3. The molecule has 3 N–H and O–H groups in total. The summed E-state index contributed by atoms with van der Waals surface area (Å²) in [6, 6.07) is 4.91. The summed E-state index contributed by atoms with van der Waals surface area (Å²) >= 11 is 0. The molecule has 9 nitrogen and oxygen atoms in total. The summed E-state index contributed by atoms with van der Waals surface area (Å²) in [5.41, 5.74) is -0.265. The zero-order chi connectivity index (χ0) is 23.1. The molecule has 0 saturated heterocycles. The number of urea groups is 1. The fourth-order valence-corrected chi connectivity index (χ4v) is 2.44. The molecule has 0 spiro atoms. The van der Waals surface area contributed by atoms with Crippen molar-refractivity contribution in [1.82, 2.24) is 16.0 Å². The van der Waals surface area contributed by atoms with E-state index < -0.39 is 41.5 Å². The minimum absolute atomic E-state index is 0.267. The number of carbonyl (C=O) groups is 4. The van der Waals surface area contributed by atoms with Crippen LogP contribution in [0.3, 0.4) is 0 Å². The van der Waals surface area contributed by atoms with Crippen LogP contribution in [0, 0.1) is 5.92 Å². The van der Waals surface area contributed by atoms with E-state index in [-0.39, 0.29) is 11.5 Å². The first kappa shape index (κ1) is 24.9. The maximum absolute atomic E-state index is 12.6. The van der Waals surface area contributed by atoms with Crippen LogP contribution in [0.2, 0.25) is 0 Å². The SMILES string of the molecule is COc1ccccc1C(=O)N[C@H](C(=O)O[C@@H](C)C(=O)NC(=O)NC(C)(C)C)C(C)C.